The molecule has 0 aliphatic heterocycles. The van der Waals surface area contributed by atoms with E-state index >= 15 is 0 Å². The molecule has 1 aliphatic rings. The van der Waals surface area contributed by atoms with Crippen LogP contribution in [0.2, 0.25) is 0 Å². The van der Waals surface area contributed by atoms with Crippen molar-refractivity contribution in [2.24, 2.45) is 0 Å². The van der Waals surface area contributed by atoms with Gasteiger partial charge in [-0.2, -0.15) is 0 Å². The van der Waals surface area contributed by atoms with Gasteiger partial charge >= 0.3 is 0 Å². The van der Waals surface area contributed by atoms with Gasteiger partial charge in [0.05, 0.1) is 12.2 Å². The maximum absolute atomic E-state index is 5.91. The van der Waals surface area contributed by atoms with Crippen molar-refractivity contribution in [3.63, 3.8) is 0 Å². The van der Waals surface area contributed by atoms with E-state index in [1.54, 1.807) is 0 Å². The van der Waals surface area contributed by atoms with Gasteiger partial charge in [0.15, 0.2) is 0 Å². The van der Waals surface area contributed by atoms with E-state index in [2.05, 4.69) is 26.0 Å². The predicted octanol–water partition coefficient (Wildman–Crippen LogP) is 4.86. The molecule has 0 aromatic carbocycles. The zero-order valence-electron chi connectivity index (χ0n) is 11.1. The van der Waals surface area contributed by atoms with Crippen LogP contribution in [-0.4, -0.2) is 12.2 Å². The highest BCUT2D eigenvalue weighted by molar-refractivity contribution is 4.90. The fraction of sp³-hybridized carbons (Fsp3) is 0.867. The van der Waals surface area contributed by atoms with Gasteiger partial charge in [-0.1, -0.05) is 50.7 Å². The van der Waals surface area contributed by atoms with Gasteiger partial charge in [0.2, 0.25) is 0 Å². The van der Waals surface area contributed by atoms with Crippen LogP contribution in [0.3, 0.4) is 0 Å². The van der Waals surface area contributed by atoms with Crippen LogP contribution in [0.25, 0.3) is 0 Å². The van der Waals surface area contributed by atoms with Gasteiger partial charge in [-0.25, -0.2) is 0 Å². The van der Waals surface area contributed by atoms with Crippen molar-refractivity contribution in [1.82, 2.24) is 0 Å². The number of hydrogen-bond acceptors (Lipinski definition) is 1. The first-order chi connectivity index (χ1) is 7.79. The molecule has 1 heteroatoms. The molecule has 1 rings (SSSR count). The third kappa shape index (κ3) is 7.05. The van der Waals surface area contributed by atoms with Crippen molar-refractivity contribution in [2.45, 2.75) is 83.8 Å². The van der Waals surface area contributed by atoms with Crippen LogP contribution >= 0.6 is 0 Å². The average Bonchev–Trinajstić information content (AvgIpc) is 2.21. The quantitative estimate of drug-likeness (QED) is 0.609. The van der Waals surface area contributed by atoms with Crippen LogP contribution in [0.4, 0.5) is 0 Å². The number of rotatable bonds is 2. The molecule has 0 aromatic heterocycles. The minimum atomic E-state index is 0.350. The molecule has 0 amide bonds. The third-order valence-electron chi connectivity index (χ3n) is 3.16. The third-order valence-corrected chi connectivity index (χ3v) is 3.16. The smallest absolute Gasteiger partial charge is 0.0759 e. The molecule has 94 valence electrons. The van der Waals surface area contributed by atoms with Crippen LogP contribution in [0, 0.1) is 0 Å². The fourth-order valence-corrected chi connectivity index (χ4v) is 2.30. The summed E-state index contributed by atoms with van der Waals surface area (Å²) in [5.41, 5.74) is 0. The Balaban J connectivity index is 2.35. The molecule has 1 unspecified atom stereocenters. The molecule has 0 heterocycles. The lowest BCUT2D eigenvalue weighted by atomic mass is 10.0. The van der Waals surface area contributed by atoms with E-state index in [4.69, 9.17) is 4.74 Å². The van der Waals surface area contributed by atoms with Gasteiger partial charge in [0, 0.05) is 0 Å². The van der Waals surface area contributed by atoms with Crippen molar-refractivity contribution in [1.29, 1.82) is 0 Å². The monoisotopic (exact) mass is 224 g/mol. The summed E-state index contributed by atoms with van der Waals surface area (Å²) < 4.78 is 5.91. The molecule has 0 aromatic rings. The molecule has 0 fully saturated rings. The van der Waals surface area contributed by atoms with Crippen molar-refractivity contribution in [3.8, 4) is 0 Å². The first-order valence-electron chi connectivity index (χ1n) is 7.11. The highest BCUT2D eigenvalue weighted by Crippen LogP contribution is 2.15. The second kappa shape index (κ2) is 8.81. The van der Waals surface area contributed by atoms with E-state index < -0.39 is 0 Å². The van der Waals surface area contributed by atoms with Crippen LogP contribution in [-0.2, 0) is 4.74 Å². The topological polar surface area (TPSA) is 9.23 Å². The Hall–Kier alpha value is -0.300. The molecule has 0 saturated heterocycles. The summed E-state index contributed by atoms with van der Waals surface area (Å²) in [4.78, 5) is 0. The zero-order chi connectivity index (χ0) is 11.6. The van der Waals surface area contributed by atoms with Gasteiger partial charge in [-0.05, 0) is 33.1 Å². The molecule has 0 saturated carbocycles. The summed E-state index contributed by atoms with van der Waals surface area (Å²) in [6, 6.07) is 0. The summed E-state index contributed by atoms with van der Waals surface area (Å²) in [6.45, 7) is 4.26. The molecule has 16 heavy (non-hydrogen) atoms. The number of hydrogen-bond donors (Lipinski definition) is 0. The Morgan fingerprint density at radius 1 is 0.938 bits per heavy atom. The van der Waals surface area contributed by atoms with E-state index in [0.29, 0.717) is 12.2 Å². The number of allylic oxidation sites excluding steroid dienone is 1. The van der Waals surface area contributed by atoms with E-state index in [1.807, 2.05) is 0 Å². The van der Waals surface area contributed by atoms with Crippen molar-refractivity contribution in [3.05, 3.63) is 12.2 Å². The zero-order valence-corrected chi connectivity index (χ0v) is 11.1. The van der Waals surface area contributed by atoms with Gasteiger partial charge in [0.1, 0.15) is 0 Å². The molecule has 1 aliphatic carbocycles. The lowest BCUT2D eigenvalue weighted by molar-refractivity contribution is 0.0296. The van der Waals surface area contributed by atoms with E-state index in [0.717, 1.165) is 0 Å². The maximum Gasteiger partial charge on any atom is 0.0759 e. The Kier molecular flexibility index (Phi) is 7.58. The largest absolute Gasteiger partial charge is 0.372 e. The molecule has 0 radical (unpaired) electrons. The maximum atomic E-state index is 5.91. The lowest BCUT2D eigenvalue weighted by Crippen LogP contribution is -2.15. The highest BCUT2D eigenvalue weighted by atomic mass is 16.5. The standard InChI is InChI=1S/C15H28O/c1-14(2)16-15-12-10-8-6-4-3-5-7-9-11-13-15/h10,12,14-15H,3-9,11,13H2,1-2H3/b12-10-. The molecule has 0 spiro atoms. The molecule has 1 nitrogen and oxygen atoms in total. The normalized spacial score (nSPS) is 27.1. The molecular formula is C15H28O. The van der Waals surface area contributed by atoms with Crippen LogP contribution in [0.1, 0.15) is 71.6 Å². The van der Waals surface area contributed by atoms with Crippen molar-refractivity contribution < 1.29 is 4.74 Å². The Labute approximate surface area is 101 Å². The first-order valence-corrected chi connectivity index (χ1v) is 7.11. The summed E-state index contributed by atoms with van der Waals surface area (Å²) in [5.74, 6) is 0. The minimum absolute atomic E-state index is 0.350. The second-order valence-corrected chi connectivity index (χ2v) is 5.20. The average molecular weight is 224 g/mol. The highest BCUT2D eigenvalue weighted by Gasteiger charge is 2.07. The van der Waals surface area contributed by atoms with E-state index in [1.165, 1.54) is 57.8 Å². The van der Waals surface area contributed by atoms with Gasteiger partial charge in [0.25, 0.3) is 0 Å². The fourth-order valence-electron chi connectivity index (χ4n) is 2.30. The second-order valence-electron chi connectivity index (χ2n) is 5.20. The van der Waals surface area contributed by atoms with Crippen molar-refractivity contribution >= 4 is 0 Å². The Bertz CT molecular complexity index is 184. The summed E-state index contributed by atoms with van der Waals surface area (Å²) in [5, 5.41) is 0. The minimum Gasteiger partial charge on any atom is -0.372 e. The van der Waals surface area contributed by atoms with Crippen LogP contribution < -0.4 is 0 Å². The Morgan fingerprint density at radius 3 is 2.25 bits per heavy atom. The van der Waals surface area contributed by atoms with Gasteiger partial charge in [-0.15, -0.1) is 0 Å². The molecule has 1 atom stereocenters. The van der Waals surface area contributed by atoms with E-state index in [9.17, 15) is 0 Å². The predicted molar refractivity (Wildman–Crippen MR) is 70.7 cm³/mol. The van der Waals surface area contributed by atoms with E-state index in [-0.39, 0.29) is 0 Å². The molecule has 0 bridgehead atoms. The first kappa shape index (κ1) is 13.8. The Morgan fingerprint density at radius 2 is 1.56 bits per heavy atom. The summed E-state index contributed by atoms with van der Waals surface area (Å²) in [6.07, 6.45) is 17.5. The van der Waals surface area contributed by atoms with Gasteiger partial charge < -0.3 is 4.74 Å². The lowest BCUT2D eigenvalue weighted by Gasteiger charge is -2.17. The number of ether oxygens (including phenoxy) is 1. The SMILES string of the molecule is CC(C)OC1/C=C\CCCCCCCCC1. The molecule has 0 N–H and O–H groups in total. The van der Waals surface area contributed by atoms with Crippen LogP contribution in [0.5, 0.6) is 0 Å². The van der Waals surface area contributed by atoms with Crippen molar-refractivity contribution in [2.75, 3.05) is 0 Å². The summed E-state index contributed by atoms with van der Waals surface area (Å²) >= 11 is 0. The molecular weight excluding hydrogens is 196 g/mol. The van der Waals surface area contributed by atoms with Gasteiger partial charge in [-0.3, -0.25) is 0 Å². The van der Waals surface area contributed by atoms with Crippen LogP contribution in [0.15, 0.2) is 12.2 Å². The summed E-state index contributed by atoms with van der Waals surface area (Å²) in [7, 11) is 0.